The maximum atomic E-state index is 13.5. The molecule has 0 radical (unpaired) electrons. The highest BCUT2D eigenvalue weighted by Gasteiger charge is 2.30. The van der Waals surface area contributed by atoms with E-state index >= 15 is 0 Å². The fourth-order valence-electron chi connectivity index (χ4n) is 7.68. The highest BCUT2D eigenvalue weighted by Crippen LogP contribution is 2.43. The second-order valence-electron chi connectivity index (χ2n) is 20.8. The molecular weight excluding hydrogens is 976 g/mol. The zero-order valence-electron chi connectivity index (χ0n) is 49.6. The molecule has 0 spiro atoms. The molecule has 1 amide bonds. The molecule has 0 bridgehead atoms. The molecule has 3 unspecified atom stereocenters. The van der Waals surface area contributed by atoms with Crippen molar-refractivity contribution in [2.24, 2.45) is 0 Å². The van der Waals surface area contributed by atoms with Crippen molar-refractivity contribution in [3.05, 3.63) is 146 Å². The topological polar surface area (TPSA) is 111 Å². The Kier molecular flexibility index (Phi) is 52.3. The van der Waals surface area contributed by atoms with E-state index in [0.29, 0.717) is 23.9 Å². The summed E-state index contributed by atoms with van der Waals surface area (Å²) in [6.45, 7) is 6.68. The molecule has 0 aromatic carbocycles. The Balaban J connectivity index is 5.50. The van der Waals surface area contributed by atoms with E-state index in [2.05, 4.69) is 160 Å². The molecule has 77 heavy (non-hydrogen) atoms. The van der Waals surface area contributed by atoms with Gasteiger partial charge in [0.05, 0.1) is 33.8 Å². The van der Waals surface area contributed by atoms with Crippen LogP contribution >= 0.6 is 7.82 Å². The van der Waals surface area contributed by atoms with Crippen molar-refractivity contribution < 1.29 is 37.3 Å². The van der Waals surface area contributed by atoms with Gasteiger partial charge in [0.25, 0.3) is 0 Å². The smallest absolute Gasteiger partial charge is 0.456 e. The van der Waals surface area contributed by atoms with Crippen molar-refractivity contribution in [2.75, 3.05) is 40.9 Å². The van der Waals surface area contributed by atoms with Crippen LogP contribution in [0, 0.1) is 0 Å². The van der Waals surface area contributed by atoms with Gasteiger partial charge in [0.2, 0.25) is 5.91 Å². The van der Waals surface area contributed by atoms with Crippen molar-refractivity contribution in [1.29, 1.82) is 0 Å². The summed E-state index contributed by atoms with van der Waals surface area (Å²) in [7, 11) is 1.41. The molecule has 9 nitrogen and oxygen atoms in total. The van der Waals surface area contributed by atoms with Gasteiger partial charge >= 0.3 is 13.8 Å². The maximum Gasteiger partial charge on any atom is 0.472 e. The Bertz CT molecular complexity index is 1830. The molecule has 0 aromatic rings. The van der Waals surface area contributed by atoms with Crippen molar-refractivity contribution >= 4 is 19.7 Å². The molecule has 0 fully saturated rings. The standard InChI is InChI=1S/C67H111N2O7P/c1-7-10-13-16-19-22-25-28-30-32-33-34-35-37-38-41-44-47-50-53-56-59-66(70)68-64(63-75-77(72,73)74-62-61-69(4,5)6)65(58-55-52-49-46-43-40-27-24-21-18-15-12-9-3)76-67(71)60-57-54-51-48-45-42-39-36-31-29-26-23-20-17-14-11-8-2/h10-11,13-14,19-20,22-23,28-31,33-34,37-39,42,44,47-48,51,55,58,64-65H,7-9,12,15-18,21,24-27,32,35-36,40-41,43,45-46,49-50,52-54,56-57,59-63H2,1-6H3,(H-,68,70,72,73)/p+1/b13-10-,14-11-,22-19-,23-20-,30-28-,31-29-,34-33-,38-37-,42-39-,47-44-,51-48-,58-55-. The molecule has 10 heteroatoms. The average molecular weight is 1090 g/mol. The monoisotopic (exact) mass is 1090 g/mol. The number of rotatable bonds is 52. The summed E-state index contributed by atoms with van der Waals surface area (Å²) in [6.07, 6.45) is 80.0. The Labute approximate surface area is 472 Å². The Morgan fingerprint density at radius 3 is 1.27 bits per heavy atom. The summed E-state index contributed by atoms with van der Waals surface area (Å²) < 4.78 is 30.6. The van der Waals surface area contributed by atoms with E-state index in [9.17, 15) is 19.0 Å². The number of nitrogens with zero attached hydrogens (tertiary/aromatic N) is 1. The van der Waals surface area contributed by atoms with Gasteiger partial charge in [0.1, 0.15) is 19.3 Å². The number of hydrogen-bond acceptors (Lipinski definition) is 6. The number of ether oxygens (including phenoxy) is 1. The lowest BCUT2D eigenvalue weighted by atomic mass is 10.0. The third-order valence-corrected chi connectivity index (χ3v) is 13.3. The average Bonchev–Trinajstić information content (AvgIpc) is 3.39. The molecule has 3 atom stereocenters. The first-order valence-electron chi connectivity index (χ1n) is 30.2. The van der Waals surface area contributed by atoms with Gasteiger partial charge in [-0.3, -0.25) is 18.6 Å². The fourth-order valence-corrected chi connectivity index (χ4v) is 8.42. The lowest BCUT2D eigenvalue weighted by Crippen LogP contribution is -2.47. The normalized spacial score (nSPS) is 14.7. The van der Waals surface area contributed by atoms with Crippen LogP contribution in [-0.4, -0.2) is 74.3 Å². The third kappa shape index (κ3) is 56.4. The molecule has 0 saturated carbocycles. The molecule has 0 heterocycles. The zero-order valence-corrected chi connectivity index (χ0v) is 50.5. The number of esters is 1. The molecule has 0 rings (SSSR count). The van der Waals surface area contributed by atoms with Gasteiger partial charge < -0.3 is 19.4 Å². The van der Waals surface area contributed by atoms with E-state index in [1.807, 2.05) is 33.3 Å². The Morgan fingerprint density at radius 2 is 0.844 bits per heavy atom. The molecule has 0 aliphatic heterocycles. The highest BCUT2D eigenvalue weighted by molar-refractivity contribution is 7.47. The van der Waals surface area contributed by atoms with E-state index in [4.69, 9.17) is 13.8 Å². The molecule has 436 valence electrons. The number of amides is 1. The van der Waals surface area contributed by atoms with Gasteiger partial charge in [-0.2, -0.15) is 0 Å². The number of phosphoric ester groups is 1. The summed E-state index contributed by atoms with van der Waals surface area (Å²) in [5.74, 6) is -0.637. The van der Waals surface area contributed by atoms with Gasteiger partial charge in [-0.15, -0.1) is 0 Å². The number of unbranched alkanes of at least 4 members (excludes halogenated alkanes) is 14. The number of allylic oxidation sites excluding steroid dienone is 23. The minimum Gasteiger partial charge on any atom is -0.456 e. The maximum absolute atomic E-state index is 13.5. The van der Waals surface area contributed by atoms with E-state index in [-0.39, 0.29) is 32.0 Å². The summed E-state index contributed by atoms with van der Waals surface area (Å²) in [5.41, 5.74) is 0. The summed E-state index contributed by atoms with van der Waals surface area (Å²) in [5, 5.41) is 3.01. The minimum atomic E-state index is -4.48. The zero-order chi connectivity index (χ0) is 56.4. The minimum absolute atomic E-state index is 0.0141. The number of nitrogens with one attached hydrogen (secondary N) is 1. The summed E-state index contributed by atoms with van der Waals surface area (Å²) >= 11 is 0. The van der Waals surface area contributed by atoms with Crippen LogP contribution in [0.25, 0.3) is 0 Å². The molecular formula is C67H112N2O7P+. The number of quaternary nitrogens is 1. The van der Waals surface area contributed by atoms with Gasteiger partial charge in [0.15, 0.2) is 0 Å². The van der Waals surface area contributed by atoms with Crippen LogP contribution in [0.5, 0.6) is 0 Å². The second kappa shape index (κ2) is 55.2. The molecule has 0 saturated heterocycles. The number of hydrogen-bond donors (Lipinski definition) is 2. The lowest BCUT2D eigenvalue weighted by molar-refractivity contribution is -0.870. The summed E-state index contributed by atoms with van der Waals surface area (Å²) in [6, 6.07) is -0.906. The van der Waals surface area contributed by atoms with E-state index in [0.717, 1.165) is 109 Å². The predicted octanol–water partition coefficient (Wildman–Crippen LogP) is 18.7. The third-order valence-electron chi connectivity index (χ3n) is 12.3. The van der Waals surface area contributed by atoms with Gasteiger partial charge in [-0.25, -0.2) is 4.57 Å². The van der Waals surface area contributed by atoms with E-state index in [1.54, 1.807) is 0 Å². The van der Waals surface area contributed by atoms with Crippen molar-refractivity contribution in [1.82, 2.24) is 5.32 Å². The Morgan fingerprint density at radius 1 is 0.468 bits per heavy atom. The van der Waals surface area contributed by atoms with Crippen LogP contribution < -0.4 is 5.32 Å². The second-order valence-corrected chi connectivity index (χ2v) is 22.2. The van der Waals surface area contributed by atoms with Crippen LogP contribution in [0.4, 0.5) is 0 Å². The molecule has 0 aliphatic rings. The van der Waals surface area contributed by atoms with Gasteiger partial charge in [0, 0.05) is 12.8 Å². The van der Waals surface area contributed by atoms with Crippen LogP contribution in [-0.2, 0) is 27.9 Å². The van der Waals surface area contributed by atoms with Gasteiger partial charge in [-0.05, 0) is 122 Å². The first-order valence-corrected chi connectivity index (χ1v) is 31.7. The Hall–Kier alpha value is -4.11. The molecule has 0 aromatic heterocycles. The number of carbonyl (C=O) groups excluding carboxylic acids is 2. The SMILES string of the molecule is CC/C=C\C/C=C\C/C=C\C/C=C\C/C=C\C/C=C\CCCCC(=O)NC(COP(=O)(O)OCC[N+](C)(C)C)C(/C=C\CCCCCCCCCCCCC)OC(=O)CCC/C=C\C/C=C\C/C=C\C/C=C\C/C=C\CC. The molecule has 0 aliphatic carbocycles. The van der Waals surface area contributed by atoms with E-state index < -0.39 is 25.9 Å². The number of carbonyl (C=O) groups is 2. The summed E-state index contributed by atoms with van der Waals surface area (Å²) in [4.78, 5) is 37.7. The molecule has 2 N–H and O–H groups in total. The van der Waals surface area contributed by atoms with Gasteiger partial charge in [-0.1, -0.05) is 225 Å². The van der Waals surface area contributed by atoms with Crippen LogP contribution in [0.1, 0.15) is 213 Å². The first kappa shape index (κ1) is 72.9. The highest BCUT2D eigenvalue weighted by atomic mass is 31.2. The fraction of sp³-hybridized carbons (Fsp3) is 0.612. The van der Waals surface area contributed by atoms with Crippen molar-refractivity contribution in [2.45, 2.75) is 226 Å². The lowest BCUT2D eigenvalue weighted by Gasteiger charge is -2.27. The van der Waals surface area contributed by atoms with Crippen molar-refractivity contribution in [3.63, 3.8) is 0 Å². The van der Waals surface area contributed by atoms with Crippen molar-refractivity contribution in [3.8, 4) is 0 Å². The largest absolute Gasteiger partial charge is 0.472 e. The number of phosphoric acid groups is 1. The quantitative estimate of drug-likeness (QED) is 0.0205. The number of likely N-dealkylation sites (N-methyl/N-ethyl adjacent to an activating group) is 1. The van der Waals surface area contributed by atoms with Crippen LogP contribution in [0.15, 0.2) is 146 Å². The van der Waals surface area contributed by atoms with E-state index in [1.165, 1.54) is 57.8 Å². The predicted molar refractivity (Wildman–Crippen MR) is 332 cm³/mol. The van der Waals surface area contributed by atoms with Crippen LogP contribution in [0.2, 0.25) is 0 Å². The van der Waals surface area contributed by atoms with Crippen LogP contribution in [0.3, 0.4) is 0 Å². The first-order chi connectivity index (χ1) is 37.4.